The van der Waals surface area contributed by atoms with E-state index in [1.165, 1.54) is 36.4 Å². The van der Waals surface area contributed by atoms with Crippen LogP contribution in [0.4, 0.5) is 0 Å². The maximum absolute atomic E-state index is 12.9. The molecular formula is C33H32O8. The molecule has 1 atom stereocenters. The zero-order chi connectivity index (χ0) is 30.2. The molecule has 0 bridgehead atoms. The molecule has 1 aliphatic carbocycles. The van der Waals surface area contributed by atoms with E-state index in [0.29, 0.717) is 11.3 Å². The van der Waals surface area contributed by atoms with Crippen LogP contribution in [0.15, 0.2) is 109 Å². The zero-order valence-electron chi connectivity index (χ0n) is 23.5. The minimum Gasteiger partial charge on any atom is -0.459 e. The summed E-state index contributed by atoms with van der Waals surface area (Å²) in [5.74, 6) is -1.36. The van der Waals surface area contributed by atoms with Gasteiger partial charge in [0.2, 0.25) is 0 Å². The number of benzene rings is 2. The summed E-state index contributed by atoms with van der Waals surface area (Å²) in [4.78, 5) is 48.6. The van der Waals surface area contributed by atoms with Gasteiger partial charge in [-0.1, -0.05) is 50.8 Å². The second-order valence-electron chi connectivity index (χ2n) is 9.89. The van der Waals surface area contributed by atoms with Gasteiger partial charge in [-0.25, -0.2) is 19.2 Å². The van der Waals surface area contributed by atoms with E-state index in [-0.39, 0.29) is 23.5 Å². The quantitative estimate of drug-likeness (QED) is 0.203. The molecule has 41 heavy (non-hydrogen) atoms. The Morgan fingerprint density at radius 3 is 1.85 bits per heavy atom. The van der Waals surface area contributed by atoms with Gasteiger partial charge in [-0.2, -0.15) is 0 Å². The van der Waals surface area contributed by atoms with Crippen LogP contribution in [0.1, 0.15) is 39.7 Å². The first-order chi connectivity index (χ1) is 19.4. The van der Waals surface area contributed by atoms with Gasteiger partial charge < -0.3 is 18.9 Å². The fraction of sp³-hybridized carbons (Fsp3) is 0.212. The number of ether oxygens (including phenoxy) is 4. The van der Waals surface area contributed by atoms with Crippen LogP contribution >= 0.6 is 0 Å². The minimum atomic E-state index is -0.614. The fourth-order valence-electron chi connectivity index (χ4n) is 3.81. The maximum atomic E-state index is 12.9. The monoisotopic (exact) mass is 556 g/mol. The predicted octanol–water partition coefficient (Wildman–Crippen LogP) is 5.89. The van der Waals surface area contributed by atoms with Crippen LogP contribution in [0.25, 0.3) is 0 Å². The third-order valence-electron chi connectivity index (χ3n) is 6.54. The van der Waals surface area contributed by atoms with Gasteiger partial charge in [0.15, 0.2) is 0 Å². The second-order valence-corrected chi connectivity index (χ2v) is 9.89. The predicted molar refractivity (Wildman–Crippen MR) is 153 cm³/mol. The van der Waals surface area contributed by atoms with E-state index < -0.39 is 35.4 Å². The van der Waals surface area contributed by atoms with Crippen LogP contribution in [0.2, 0.25) is 0 Å². The van der Waals surface area contributed by atoms with Crippen molar-refractivity contribution in [1.82, 2.24) is 0 Å². The van der Waals surface area contributed by atoms with Crippen molar-refractivity contribution in [3.8, 4) is 17.2 Å². The molecule has 0 aliphatic heterocycles. The van der Waals surface area contributed by atoms with Crippen molar-refractivity contribution in [1.29, 1.82) is 0 Å². The summed E-state index contributed by atoms with van der Waals surface area (Å²) in [6.07, 6.45) is 6.74. The maximum Gasteiger partial charge on any atom is 0.343 e. The first kappa shape index (κ1) is 30.6. The Kier molecular flexibility index (Phi) is 9.98. The van der Waals surface area contributed by atoms with Crippen LogP contribution in [0, 0.1) is 0 Å². The van der Waals surface area contributed by atoms with Crippen LogP contribution in [0.5, 0.6) is 17.2 Å². The van der Waals surface area contributed by atoms with Gasteiger partial charge in [-0.3, -0.25) is 0 Å². The number of hydrogen-bond acceptors (Lipinski definition) is 8. The number of carbonyl (C=O) groups is 4. The summed E-state index contributed by atoms with van der Waals surface area (Å²) in [7, 11) is 0. The van der Waals surface area contributed by atoms with Crippen molar-refractivity contribution in [3.63, 3.8) is 0 Å². The smallest absolute Gasteiger partial charge is 0.343 e. The molecule has 1 aliphatic rings. The summed E-state index contributed by atoms with van der Waals surface area (Å²) in [6, 6.07) is 13.0. The Labute approximate surface area is 239 Å². The summed E-state index contributed by atoms with van der Waals surface area (Å²) in [5, 5.41) is 0. The number of rotatable bonds is 10. The Morgan fingerprint density at radius 2 is 1.29 bits per heavy atom. The van der Waals surface area contributed by atoms with Gasteiger partial charge in [0, 0.05) is 29.6 Å². The molecule has 2 aromatic rings. The minimum absolute atomic E-state index is 0.255. The van der Waals surface area contributed by atoms with Crippen molar-refractivity contribution < 1.29 is 38.1 Å². The molecule has 2 aromatic carbocycles. The van der Waals surface area contributed by atoms with E-state index in [1.807, 2.05) is 26.0 Å². The largest absolute Gasteiger partial charge is 0.459 e. The molecule has 0 aromatic heterocycles. The molecule has 0 heterocycles. The summed E-state index contributed by atoms with van der Waals surface area (Å²) in [5.41, 5.74) is 1.78. The zero-order valence-corrected chi connectivity index (χ0v) is 23.5. The standard InChI is InChI=1S/C33H32O8/c1-7-29(34)38-22(4)33(5,6)25-11-13-27(14-12-25)40-31(36)23-9-10-24(20-21(3)19-23)32(37)41-28-17-15-26(16-18-28)39-30(35)8-2/h7-18,20,22H,1-2,19H2,3-6H3. The molecule has 3 rings (SSSR count). The van der Waals surface area contributed by atoms with Crippen molar-refractivity contribution in [2.45, 2.75) is 45.6 Å². The van der Waals surface area contributed by atoms with E-state index >= 15 is 0 Å². The van der Waals surface area contributed by atoms with Crippen molar-refractivity contribution in [2.24, 2.45) is 0 Å². The molecule has 0 saturated carbocycles. The van der Waals surface area contributed by atoms with E-state index in [2.05, 4.69) is 13.2 Å². The lowest BCUT2D eigenvalue weighted by Gasteiger charge is -2.31. The number of carbonyl (C=O) groups excluding carboxylic acids is 4. The normalized spacial score (nSPS) is 13.7. The van der Waals surface area contributed by atoms with E-state index in [0.717, 1.165) is 23.3 Å². The number of allylic oxidation sites excluding steroid dienone is 3. The van der Waals surface area contributed by atoms with Crippen molar-refractivity contribution >= 4 is 23.9 Å². The molecule has 8 heteroatoms. The van der Waals surface area contributed by atoms with Gasteiger partial charge in [0.05, 0.1) is 5.57 Å². The number of hydrogen-bond donors (Lipinski definition) is 0. The first-order valence-electron chi connectivity index (χ1n) is 12.8. The highest BCUT2D eigenvalue weighted by Gasteiger charge is 2.30. The Bertz CT molecular complexity index is 1440. The van der Waals surface area contributed by atoms with Gasteiger partial charge >= 0.3 is 23.9 Å². The first-order valence-corrected chi connectivity index (χ1v) is 12.8. The molecule has 0 fully saturated rings. The van der Waals surface area contributed by atoms with Crippen LogP contribution in [0.3, 0.4) is 0 Å². The molecule has 8 nitrogen and oxygen atoms in total. The van der Waals surface area contributed by atoms with Crippen LogP contribution < -0.4 is 14.2 Å². The average Bonchev–Trinajstić information content (AvgIpc) is 3.15. The lowest BCUT2D eigenvalue weighted by molar-refractivity contribution is -0.145. The molecule has 0 amide bonds. The van der Waals surface area contributed by atoms with Crippen LogP contribution in [-0.4, -0.2) is 30.0 Å². The van der Waals surface area contributed by atoms with Gasteiger partial charge in [0.1, 0.15) is 23.4 Å². The van der Waals surface area contributed by atoms with E-state index in [4.69, 9.17) is 18.9 Å². The molecule has 0 N–H and O–H groups in total. The topological polar surface area (TPSA) is 105 Å². The molecular weight excluding hydrogens is 524 g/mol. The number of esters is 4. The van der Waals surface area contributed by atoms with Gasteiger partial charge in [0.25, 0.3) is 0 Å². The highest BCUT2D eigenvalue weighted by atomic mass is 16.6. The summed E-state index contributed by atoms with van der Waals surface area (Å²) in [6.45, 7) is 14.3. The third-order valence-corrected chi connectivity index (χ3v) is 6.54. The molecule has 0 spiro atoms. The SMILES string of the molecule is C=CC(=O)Oc1ccc(OC(=O)C2=CC=C(C(=O)Oc3ccc(C(C)(C)C(C)OC(=O)C=C)cc3)CC(C)=C2)cc1. The Morgan fingerprint density at radius 1 is 0.780 bits per heavy atom. The Balaban J connectivity index is 1.66. The molecule has 1 unspecified atom stereocenters. The second kappa shape index (κ2) is 13.4. The van der Waals surface area contributed by atoms with E-state index in [9.17, 15) is 19.2 Å². The van der Waals surface area contributed by atoms with Gasteiger partial charge in [-0.05, 0) is 68.0 Å². The molecule has 0 radical (unpaired) electrons. The lowest BCUT2D eigenvalue weighted by Crippen LogP contribution is -2.34. The Hall–Kier alpha value is -4.98. The fourth-order valence-corrected chi connectivity index (χ4v) is 3.81. The summed E-state index contributed by atoms with van der Waals surface area (Å²) < 4.78 is 21.4. The average molecular weight is 557 g/mol. The molecule has 212 valence electrons. The highest BCUT2D eigenvalue weighted by molar-refractivity contribution is 5.96. The van der Waals surface area contributed by atoms with Crippen molar-refractivity contribution in [2.75, 3.05) is 0 Å². The third kappa shape index (κ3) is 8.25. The lowest BCUT2D eigenvalue weighted by atomic mass is 9.80. The van der Waals surface area contributed by atoms with Gasteiger partial charge in [-0.15, -0.1) is 0 Å². The van der Waals surface area contributed by atoms with E-state index in [1.54, 1.807) is 32.1 Å². The van der Waals surface area contributed by atoms with Crippen molar-refractivity contribution in [3.05, 3.63) is 114 Å². The molecule has 0 saturated heterocycles. The summed E-state index contributed by atoms with van der Waals surface area (Å²) >= 11 is 0. The highest BCUT2D eigenvalue weighted by Crippen LogP contribution is 2.31. The van der Waals surface area contributed by atoms with Crippen LogP contribution in [-0.2, 0) is 29.3 Å².